The number of hydroxylamine groups is 1. The number of hydrogen-bond acceptors (Lipinski definition) is 2. The summed E-state index contributed by atoms with van der Waals surface area (Å²) < 4.78 is 0. The smallest absolute Gasteiger partial charge is 0.758 e. The number of rotatable bonds is 3. The summed E-state index contributed by atoms with van der Waals surface area (Å²) in [5.41, 5.74) is 0.758. The first kappa shape index (κ1) is 13.0. The van der Waals surface area contributed by atoms with Crippen LogP contribution in [0.15, 0.2) is 30.3 Å². The third kappa shape index (κ3) is 4.69. The first-order valence-electron chi connectivity index (χ1n) is 3.84. The summed E-state index contributed by atoms with van der Waals surface area (Å²) in [6, 6.07) is 9.36. The fourth-order valence-corrected chi connectivity index (χ4v) is 1.61. The molecule has 0 saturated carbocycles. The van der Waals surface area contributed by atoms with Gasteiger partial charge >= 0.3 is 18.9 Å². The van der Waals surface area contributed by atoms with Gasteiger partial charge in [0.2, 0.25) is 0 Å². The number of benzene rings is 1. The Labute approximate surface area is 92.8 Å². The number of para-hydroxylation sites is 1. The maximum atomic E-state index is 11.4. The average Bonchev–Trinajstić information content (AvgIpc) is 2.05. The van der Waals surface area contributed by atoms with Gasteiger partial charge in [0.1, 0.15) is 0 Å². The van der Waals surface area contributed by atoms with E-state index in [0.717, 1.165) is 10.8 Å². The molecule has 0 aliphatic carbocycles. The second-order valence-electron chi connectivity index (χ2n) is 2.94. The Balaban J connectivity index is 0.00000144. The molecule has 0 heterocycles. The van der Waals surface area contributed by atoms with Crippen LogP contribution in [0.3, 0.4) is 0 Å². The Kier molecular flexibility index (Phi) is 6.46. The van der Waals surface area contributed by atoms with Gasteiger partial charge in [-0.25, -0.2) is 0 Å². The van der Waals surface area contributed by atoms with E-state index in [9.17, 15) is 5.21 Å². The normalized spacial score (nSPS) is 9.54. The maximum Gasteiger partial charge on any atom is 1.00 e. The van der Waals surface area contributed by atoms with E-state index in [1.807, 2.05) is 30.3 Å². The summed E-state index contributed by atoms with van der Waals surface area (Å²) in [4.78, 5) is 0. The Morgan fingerprint density at radius 3 is 2.23 bits per heavy atom. The fourth-order valence-electron chi connectivity index (χ4n) is 0.933. The average molecular weight is 189 g/mol. The predicted molar refractivity (Wildman–Crippen MR) is 55.9 cm³/mol. The molecule has 0 unspecified atom stereocenters. The molecule has 66 valence electrons. The van der Waals surface area contributed by atoms with Crippen molar-refractivity contribution in [2.75, 3.05) is 24.7 Å². The SMILES string of the molecule is CP(C)CN([O-])c1ccccc1.[Li+]. The molecule has 0 aliphatic heterocycles. The van der Waals surface area contributed by atoms with Gasteiger partial charge in [0.05, 0.1) is 0 Å². The largest absolute Gasteiger partial charge is 1.00 e. The van der Waals surface area contributed by atoms with Crippen molar-refractivity contribution >= 4 is 13.6 Å². The van der Waals surface area contributed by atoms with Crippen molar-refractivity contribution in [2.45, 2.75) is 0 Å². The molecule has 4 heteroatoms. The zero-order valence-corrected chi connectivity index (χ0v) is 9.29. The monoisotopic (exact) mass is 189 g/mol. The second kappa shape index (κ2) is 6.46. The molecule has 0 aromatic heterocycles. The van der Waals surface area contributed by atoms with Crippen LogP contribution in [0, 0.1) is 5.21 Å². The first-order chi connectivity index (χ1) is 5.70. The molecule has 0 radical (unpaired) electrons. The molecule has 13 heavy (non-hydrogen) atoms. The summed E-state index contributed by atoms with van der Waals surface area (Å²) in [7, 11) is -0.150. The zero-order valence-electron chi connectivity index (χ0n) is 8.40. The quantitative estimate of drug-likeness (QED) is 0.370. The molecule has 0 fully saturated rings. The van der Waals surface area contributed by atoms with Crippen LogP contribution in [0.1, 0.15) is 0 Å². The van der Waals surface area contributed by atoms with Gasteiger partial charge in [0.25, 0.3) is 0 Å². The van der Waals surface area contributed by atoms with Crippen LogP contribution in [0.25, 0.3) is 0 Å². The Morgan fingerprint density at radius 2 is 1.77 bits per heavy atom. The first-order valence-corrected chi connectivity index (χ1v) is 6.27. The number of nitrogens with zero attached hydrogens (tertiary/aromatic N) is 1. The van der Waals surface area contributed by atoms with Crippen molar-refractivity contribution in [3.63, 3.8) is 0 Å². The maximum absolute atomic E-state index is 11.4. The van der Waals surface area contributed by atoms with Crippen molar-refractivity contribution in [1.29, 1.82) is 0 Å². The van der Waals surface area contributed by atoms with Crippen molar-refractivity contribution in [3.8, 4) is 0 Å². The van der Waals surface area contributed by atoms with E-state index < -0.39 is 0 Å². The summed E-state index contributed by atoms with van der Waals surface area (Å²) in [5.74, 6) is 0. The van der Waals surface area contributed by atoms with Crippen LogP contribution < -0.4 is 23.9 Å². The van der Waals surface area contributed by atoms with Crippen molar-refractivity contribution in [1.82, 2.24) is 0 Å². The van der Waals surface area contributed by atoms with Crippen LogP contribution in [-0.2, 0) is 0 Å². The van der Waals surface area contributed by atoms with E-state index in [-0.39, 0.29) is 26.8 Å². The van der Waals surface area contributed by atoms with E-state index in [2.05, 4.69) is 13.3 Å². The summed E-state index contributed by atoms with van der Waals surface area (Å²) in [6.45, 7) is 4.20. The molecule has 0 saturated heterocycles. The van der Waals surface area contributed by atoms with Crippen LogP contribution in [0.4, 0.5) is 5.69 Å². The number of anilines is 1. The third-order valence-electron chi connectivity index (χ3n) is 1.46. The molecular weight excluding hydrogens is 176 g/mol. The summed E-state index contributed by atoms with van der Waals surface area (Å²) >= 11 is 0. The molecule has 2 nitrogen and oxygen atoms in total. The van der Waals surface area contributed by atoms with Crippen LogP contribution in [-0.4, -0.2) is 19.6 Å². The Hall–Kier alpha value is 0.00740. The van der Waals surface area contributed by atoms with Gasteiger partial charge in [-0.3, -0.25) is 0 Å². The van der Waals surface area contributed by atoms with Crippen molar-refractivity contribution < 1.29 is 18.9 Å². The molecular formula is C9H13LiNOP. The molecule has 0 N–H and O–H groups in total. The fraction of sp³-hybridized carbons (Fsp3) is 0.333. The zero-order chi connectivity index (χ0) is 8.97. The van der Waals surface area contributed by atoms with Gasteiger partial charge in [0, 0.05) is 12.0 Å². The molecule has 0 bridgehead atoms. The van der Waals surface area contributed by atoms with E-state index in [4.69, 9.17) is 0 Å². The van der Waals surface area contributed by atoms with Crippen molar-refractivity contribution in [2.24, 2.45) is 0 Å². The standard InChI is InChI=1S/C9H13NOP.Li/c1-12(2)8-10(11)9-6-4-3-5-7-9;/h3-7H,8H2,1-2H3;/q-1;+1. The van der Waals surface area contributed by atoms with Gasteiger partial charge in [0.15, 0.2) is 0 Å². The minimum absolute atomic E-state index is 0. The molecule has 0 spiro atoms. The van der Waals surface area contributed by atoms with E-state index in [0.29, 0.717) is 6.29 Å². The minimum Gasteiger partial charge on any atom is -0.758 e. The summed E-state index contributed by atoms with van der Waals surface area (Å²) in [5, 5.41) is 12.4. The van der Waals surface area contributed by atoms with Gasteiger partial charge < -0.3 is 10.3 Å². The topological polar surface area (TPSA) is 26.3 Å². The molecule has 1 aromatic rings. The van der Waals surface area contributed by atoms with E-state index in [1.165, 1.54) is 0 Å². The van der Waals surface area contributed by atoms with Crippen LogP contribution >= 0.6 is 7.92 Å². The van der Waals surface area contributed by atoms with Gasteiger partial charge in [-0.2, -0.15) is 0 Å². The third-order valence-corrected chi connectivity index (χ3v) is 2.28. The van der Waals surface area contributed by atoms with Gasteiger partial charge in [-0.05, 0) is 25.5 Å². The van der Waals surface area contributed by atoms with Gasteiger partial charge in [-0.15, -0.1) is 0 Å². The molecule has 1 aromatic carbocycles. The molecule has 1 rings (SSSR count). The predicted octanol–water partition coefficient (Wildman–Crippen LogP) is -0.306. The van der Waals surface area contributed by atoms with Crippen LogP contribution in [0.5, 0.6) is 0 Å². The minimum atomic E-state index is -0.150. The van der Waals surface area contributed by atoms with Gasteiger partial charge in [-0.1, -0.05) is 26.1 Å². The van der Waals surface area contributed by atoms with E-state index >= 15 is 0 Å². The Morgan fingerprint density at radius 1 is 1.23 bits per heavy atom. The summed E-state index contributed by atoms with van der Waals surface area (Å²) in [6.07, 6.45) is 0.624. The van der Waals surface area contributed by atoms with Crippen LogP contribution in [0.2, 0.25) is 0 Å². The Bertz CT molecular complexity index is 230. The number of hydrogen-bond donors (Lipinski definition) is 0. The molecule has 0 amide bonds. The second-order valence-corrected chi connectivity index (χ2v) is 5.38. The molecule has 0 atom stereocenters. The van der Waals surface area contributed by atoms with Crippen molar-refractivity contribution in [3.05, 3.63) is 35.5 Å². The van der Waals surface area contributed by atoms with E-state index in [1.54, 1.807) is 0 Å². The molecule has 0 aliphatic rings.